The molecule has 2 rings (SSSR count). The second-order valence-electron chi connectivity index (χ2n) is 3.79. The first kappa shape index (κ1) is 12.6. The van der Waals surface area contributed by atoms with E-state index in [4.69, 9.17) is 5.73 Å². The van der Waals surface area contributed by atoms with Gasteiger partial charge in [-0.3, -0.25) is 0 Å². The van der Waals surface area contributed by atoms with Crippen molar-refractivity contribution in [3.63, 3.8) is 0 Å². The molecule has 0 fully saturated rings. The molecule has 0 spiro atoms. The van der Waals surface area contributed by atoms with Crippen molar-refractivity contribution in [2.45, 2.75) is 13.5 Å². The minimum Gasteiger partial charge on any atom is -0.397 e. The SMILES string of the molecule is Cc1cscc1CNc1cc(F)c(I)cc1N. The van der Waals surface area contributed by atoms with Crippen molar-refractivity contribution >= 4 is 45.3 Å². The van der Waals surface area contributed by atoms with Gasteiger partial charge in [-0.25, -0.2) is 4.39 Å². The second kappa shape index (κ2) is 5.22. The summed E-state index contributed by atoms with van der Waals surface area (Å²) in [5.74, 6) is -0.246. The van der Waals surface area contributed by atoms with Crippen LogP contribution in [0.5, 0.6) is 0 Å². The molecule has 2 aromatic rings. The number of halogens is 2. The van der Waals surface area contributed by atoms with Crippen molar-refractivity contribution in [2.24, 2.45) is 0 Å². The quantitative estimate of drug-likeness (QED) is 0.640. The first-order valence-electron chi connectivity index (χ1n) is 5.08. The van der Waals surface area contributed by atoms with E-state index in [2.05, 4.69) is 23.0 Å². The lowest BCUT2D eigenvalue weighted by Gasteiger charge is -2.10. The third-order valence-electron chi connectivity index (χ3n) is 2.52. The van der Waals surface area contributed by atoms with Crippen LogP contribution in [0, 0.1) is 16.3 Å². The van der Waals surface area contributed by atoms with Gasteiger partial charge in [-0.05, 0) is 57.5 Å². The van der Waals surface area contributed by atoms with Gasteiger partial charge in [-0.2, -0.15) is 11.3 Å². The molecule has 0 unspecified atom stereocenters. The van der Waals surface area contributed by atoms with E-state index in [1.54, 1.807) is 17.4 Å². The van der Waals surface area contributed by atoms with E-state index in [1.807, 2.05) is 22.6 Å². The minimum absolute atomic E-state index is 0.246. The molecule has 0 aliphatic carbocycles. The Kier molecular flexibility index (Phi) is 3.88. The standard InChI is InChI=1S/C12H12FIN2S/c1-7-5-17-6-8(7)4-16-12-2-9(13)10(14)3-11(12)15/h2-3,5-6,16H,4,15H2,1H3. The van der Waals surface area contributed by atoms with Crippen LogP contribution >= 0.6 is 33.9 Å². The summed E-state index contributed by atoms with van der Waals surface area (Å²) < 4.78 is 13.9. The fourth-order valence-electron chi connectivity index (χ4n) is 1.47. The second-order valence-corrected chi connectivity index (χ2v) is 5.69. The van der Waals surface area contributed by atoms with Gasteiger partial charge in [0.25, 0.3) is 0 Å². The zero-order valence-corrected chi connectivity index (χ0v) is 12.2. The topological polar surface area (TPSA) is 38.0 Å². The molecular formula is C12H12FIN2S. The number of nitrogens with two attached hydrogens (primary N) is 1. The first-order valence-corrected chi connectivity index (χ1v) is 7.10. The Morgan fingerprint density at radius 3 is 2.82 bits per heavy atom. The van der Waals surface area contributed by atoms with Crippen molar-refractivity contribution in [3.05, 3.63) is 43.4 Å². The van der Waals surface area contributed by atoms with Crippen molar-refractivity contribution in [3.8, 4) is 0 Å². The molecule has 1 aromatic heterocycles. The van der Waals surface area contributed by atoms with Gasteiger partial charge in [0.1, 0.15) is 5.82 Å². The normalized spacial score (nSPS) is 10.5. The molecular weight excluding hydrogens is 350 g/mol. The number of hydrogen-bond donors (Lipinski definition) is 2. The molecule has 1 heterocycles. The van der Waals surface area contributed by atoms with Crippen LogP contribution in [-0.2, 0) is 6.54 Å². The lowest BCUT2D eigenvalue weighted by molar-refractivity contribution is 0.621. The van der Waals surface area contributed by atoms with Crippen LogP contribution in [0.2, 0.25) is 0 Å². The molecule has 0 radical (unpaired) electrons. The summed E-state index contributed by atoms with van der Waals surface area (Å²) >= 11 is 3.59. The minimum atomic E-state index is -0.246. The zero-order valence-electron chi connectivity index (χ0n) is 9.26. The van der Waals surface area contributed by atoms with E-state index < -0.39 is 0 Å². The highest BCUT2D eigenvalue weighted by molar-refractivity contribution is 14.1. The molecule has 2 nitrogen and oxygen atoms in total. The molecule has 1 aromatic carbocycles. The van der Waals surface area contributed by atoms with Crippen LogP contribution in [0.25, 0.3) is 0 Å². The monoisotopic (exact) mass is 362 g/mol. The van der Waals surface area contributed by atoms with Gasteiger partial charge in [-0.1, -0.05) is 0 Å². The summed E-state index contributed by atoms with van der Waals surface area (Å²) in [4.78, 5) is 0. The van der Waals surface area contributed by atoms with Crippen molar-refractivity contribution in [2.75, 3.05) is 11.1 Å². The molecule has 0 amide bonds. The number of nitrogens with one attached hydrogen (secondary N) is 1. The number of rotatable bonds is 3. The van der Waals surface area contributed by atoms with Crippen molar-refractivity contribution < 1.29 is 4.39 Å². The number of anilines is 2. The Morgan fingerprint density at radius 2 is 2.18 bits per heavy atom. The zero-order chi connectivity index (χ0) is 12.4. The van der Waals surface area contributed by atoms with Gasteiger partial charge in [0, 0.05) is 12.6 Å². The largest absolute Gasteiger partial charge is 0.397 e. The molecule has 90 valence electrons. The summed E-state index contributed by atoms with van der Waals surface area (Å²) in [5, 5.41) is 7.34. The lowest BCUT2D eigenvalue weighted by Crippen LogP contribution is -2.04. The summed E-state index contributed by atoms with van der Waals surface area (Å²) in [6.07, 6.45) is 0. The maximum Gasteiger partial charge on any atom is 0.138 e. The Balaban J connectivity index is 2.14. The van der Waals surface area contributed by atoms with Crippen LogP contribution < -0.4 is 11.1 Å². The highest BCUT2D eigenvalue weighted by atomic mass is 127. The van der Waals surface area contributed by atoms with E-state index in [0.717, 1.165) is 0 Å². The van der Waals surface area contributed by atoms with Gasteiger partial charge < -0.3 is 11.1 Å². The van der Waals surface area contributed by atoms with E-state index in [-0.39, 0.29) is 5.82 Å². The Labute approximate surface area is 117 Å². The molecule has 0 bridgehead atoms. The molecule has 0 saturated heterocycles. The van der Waals surface area contributed by atoms with Crippen molar-refractivity contribution in [1.82, 2.24) is 0 Å². The number of benzene rings is 1. The Hall–Kier alpha value is -0.820. The predicted octanol–water partition coefficient (Wildman–Crippen LogP) is 3.99. The van der Waals surface area contributed by atoms with E-state index >= 15 is 0 Å². The number of hydrogen-bond acceptors (Lipinski definition) is 3. The first-order chi connectivity index (χ1) is 8.08. The van der Waals surface area contributed by atoms with Crippen LogP contribution in [0.4, 0.5) is 15.8 Å². The molecule has 0 saturated carbocycles. The fraction of sp³-hybridized carbons (Fsp3) is 0.167. The predicted molar refractivity (Wildman–Crippen MR) is 79.9 cm³/mol. The van der Waals surface area contributed by atoms with Gasteiger partial charge in [-0.15, -0.1) is 0 Å². The summed E-state index contributed by atoms with van der Waals surface area (Å²) in [5.41, 5.74) is 9.51. The average Bonchev–Trinajstić information content (AvgIpc) is 2.68. The molecule has 17 heavy (non-hydrogen) atoms. The third kappa shape index (κ3) is 2.90. The number of nitrogen functional groups attached to an aromatic ring is 1. The van der Waals surface area contributed by atoms with E-state index in [9.17, 15) is 4.39 Å². The van der Waals surface area contributed by atoms with Gasteiger partial charge in [0.2, 0.25) is 0 Å². The maximum atomic E-state index is 13.4. The smallest absolute Gasteiger partial charge is 0.138 e. The molecule has 3 N–H and O–H groups in total. The summed E-state index contributed by atoms with van der Waals surface area (Å²) in [6, 6.07) is 3.08. The van der Waals surface area contributed by atoms with Gasteiger partial charge >= 0.3 is 0 Å². The molecule has 5 heteroatoms. The summed E-state index contributed by atoms with van der Waals surface area (Å²) in [6.45, 7) is 2.73. The molecule has 0 aliphatic heterocycles. The number of thiophene rings is 1. The Morgan fingerprint density at radius 1 is 1.41 bits per heavy atom. The fourth-order valence-corrected chi connectivity index (χ4v) is 2.82. The molecule has 0 atom stereocenters. The highest BCUT2D eigenvalue weighted by Crippen LogP contribution is 2.25. The van der Waals surface area contributed by atoms with Crippen LogP contribution in [0.3, 0.4) is 0 Å². The number of aryl methyl sites for hydroxylation is 1. The van der Waals surface area contributed by atoms with Gasteiger partial charge in [0.15, 0.2) is 0 Å². The van der Waals surface area contributed by atoms with Crippen LogP contribution in [0.1, 0.15) is 11.1 Å². The maximum absolute atomic E-state index is 13.4. The van der Waals surface area contributed by atoms with Gasteiger partial charge in [0.05, 0.1) is 14.9 Å². The van der Waals surface area contributed by atoms with Crippen LogP contribution in [0.15, 0.2) is 22.9 Å². The third-order valence-corrected chi connectivity index (χ3v) is 4.26. The van der Waals surface area contributed by atoms with E-state index in [1.165, 1.54) is 17.2 Å². The lowest BCUT2D eigenvalue weighted by atomic mass is 10.2. The summed E-state index contributed by atoms with van der Waals surface area (Å²) in [7, 11) is 0. The Bertz CT molecular complexity index is 539. The van der Waals surface area contributed by atoms with Crippen molar-refractivity contribution in [1.29, 1.82) is 0 Å². The molecule has 0 aliphatic rings. The highest BCUT2D eigenvalue weighted by Gasteiger charge is 2.06. The average molecular weight is 362 g/mol. The van der Waals surface area contributed by atoms with E-state index in [0.29, 0.717) is 21.5 Å². The van der Waals surface area contributed by atoms with Crippen LogP contribution in [-0.4, -0.2) is 0 Å².